The lowest BCUT2D eigenvalue weighted by Gasteiger charge is -2.33. The molecule has 0 spiro atoms. The van der Waals surface area contributed by atoms with Crippen molar-refractivity contribution in [3.05, 3.63) is 53.3 Å². The third kappa shape index (κ3) is 2.90. The molecule has 4 nitrogen and oxygen atoms in total. The number of benzene rings is 1. The van der Waals surface area contributed by atoms with E-state index < -0.39 is 0 Å². The van der Waals surface area contributed by atoms with Crippen LogP contribution in [0.4, 0.5) is 0 Å². The molecule has 0 radical (unpaired) electrons. The van der Waals surface area contributed by atoms with E-state index >= 15 is 0 Å². The van der Waals surface area contributed by atoms with E-state index in [1.807, 2.05) is 6.07 Å². The second kappa shape index (κ2) is 6.19. The van der Waals surface area contributed by atoms with Crippen LogP contribution in [0, 0.1) is 0 Å². The number of amides is 1. The zero-order valence-electron chi connectivity index (χ0n) is 13.4. The molecule has 1 aliphatic heterocycles. The quantitative estimate of drug-likeness (QED) is 0.946. The molecule has 1 N–H and O–H groups in total. The minimum Gasteiger partial charge on any atom is -0.342 e. The molecule has 4 rings (SSSR count). The summed E-state index contributed by atoms with van der Waals surface area (Å²) in [5, 5.41) is 7.11. The molecule has 23 heavy (non-hydrogen) atoms. The second-order valence-electron chi connectivity index (χ2n) is 6.83. The Balaban J connectivity index is 1.41. The first-order valence-electron chi connectivity index (χ1n) is 8.66. The molecule has 0 bridgehead atoms. The van der Waals surface area contributed by atoms with Crippen molar-refractivity contribution in [1.82, 2.24) is 15.1 Å². The first kappa shape index (κ1) is 14.5. The number of piperidine rings is 1. The van der Waals surface area contributed by atoms with E-state index in [4.69, 9.17) is 0 Å². The maximum absolute atomic E-state index is 12.8. The maximum atomic E-state index is 12.8. The van der Waals surface area contributed by atoms with Crippen LogP contribution >= 0.6 is 0 Å². The van der Waals surface area contributed by atoms with Gasteiger partial charge in [0.1, 0.15) is 0 Å². The van der Waals surface area contributed by atoms with E-state index in [-0.39, 0.29) is 0 Å². The molecule has 1 aromatic heterocycles. The lowest BCUT2D eigenvalue weighted by Crippen LogP contribution is -2.39. The standard InChI is InChI=1S/C19H23N3O/c23-19(12-15-8-7-14-4-1-2-6-17(14)15)22-11-3-5-16(13-22)18-9-10-20-21-18/h1-2,4,6,9-10,15-16H,3,5,7-8,11-13H2,(H,20,21)/t15-,16-/m1/s1. The van der Waals surface area contributed by atoms with Crippen molar-refractivity contribution >= 4 is 5.91 Å². The molecule has 1 amide bonds. The Morgan fingerprint density at radius 2 is 2.17 bits per heavy atom. The van der Waals surface area contributed by atoms with Gasteiger partial charge >= 0.3 is 0 Å². The number of rotatable bonds is 3. The lowest BCUT2D eigenvalue weighted by atomic mass is 9.93. The third-order valence-corrected chi connectivity index (χ3v) is 5.41. The molecule has 2 atom stereocenters. The van der Waals surface area contributed by atoms with Crippen molar-refractivity contribution in [2.24, 2.45) is 0 Å². The van der Waals surface area contributed by atoms with Gasteiger partial charge in [0.05, 0.1) is 0 Å². The van der Waals surface area contributed by atoms with E-state index in [0.717, 1.165) is 44.5 Å². The van der Waals surface area contributed by atoms with Crippen molar-refractivity contribution in [3.63, 3.8) is 0 Å². The van der Waals surface area contributed by atoms with Crippen LogP contribution in [0.25, 0.3) is 0 Å². The average Bonchev–Trinajstić information content (AvgIpc) is 3.25. The van der Waals surface area contributed by atoms with Crippen LogP contribution in [0.5, 0.6) is 0 Å². The van der Waals surface area contributed by atoms with Gasteiger partial charge in [0.15, 0.2) is 0 Å². The van der Waals surface area contributed by atoms with Crippen molar-refractivity contribution in [2.75, 3.05) is 13.1 Å². The summed E-state index contributed by atoms with van der Waals surface area (Å²) in [5.74, 6) is 1.13. The number of nitrogens with zero attached hydrogens (tertiary/aromatic N) is 2. The first-order chi connectivity index (χ1) is 11.3. The van der Waals surface area contributed by atoms with Crippen LogP contribution in [0.15, 0.2) is 36.5 Å². The number of aromatic amines is 1. The fraction of sp³-hybridized carbons (Fsp3) is 0.474. The molecular weight excluding hydrogens is 286 g/mol. The molecular formula is C19H23N3O. The number of H-pyrrole nitrogens is 1. The number of hydrogen-bond donors (Lipinski definition) is 1. The molecule has 1 aliphatic carbocycles. The van der Waals surface area contributed by atoms with Crippen LogP contribution in [0.2, 0.25) is 0 Å². The summed E-state index contributed by atoms with van der Waals surface area (Å²) >= 11 is 0. The highest BCUT2D eigenvalue weighted by atomic mass is 16.2. The summed E-state index contributed by atoms with van der Waals surface area (Å²) in [6, 6.07) is 10.6. The predicted octanol–water partition coefficient (Wildman–Crippen LogP) is 3.24. The normalized spacial score (nSPS) is 23.7. The molecule has 4 heteroatoms. The number of carbonyl (C=O) groups excluding carboxylic acids is 1. The molecule has 2 aliphatic rings. The van der Waals surface area contributed by atoms with Gasteiger partial charge in [0.25, 0.3) is 0 Å². The summed E-state index contributed by atoms with van der Waals surface area (Å²) in [6.07, 6.45) is 6.90. The van der Waals surface area contributed by atoms with Gasteiger partial charge in [-0.05, 0) is 48.8 Å². The Kier molecular flexibility index (Phi) is 3.90. The van der Waals surface area contributed by atoms with E-state index in [1.54, 1.807) is 6.20 Å². The molecule has 0 unspecified atom stereocenters. The largest absolute Gasteiger partial charge is 0.342 e. The molecule has 1 aromatic carbocycles. The number of aryl methyl sites for hydroxylation is 1. The second-order valence-corrected chi connectivity index (χ2v) is 6.83. The average molecular weight is 309 g/mol. The summed E-state index contributed by atoms with van der Waals surface area (Å²) in [4.78, 5) is 14.8. The summed E-state index contributed by atoms with van der Waals surface area (Å²) in [5.41, 5.74) is 3.98. The van der Waals surface area contributed by atoms with Crippen molar-refractivity contribution < 1.29 is 4.79 Å². The van der Waals surface area contributed by atoms with Crippen LogP contribution in [0.1, 0.15) is 54.3 Å². The molecule has 0 saturated carbocycles. The number of nitrogens with one attached hydrogen (secondary N) is 1. The third-order valence-electron chi connectivity index (χ3n) is 5.41. The predicted molar refractivity (Wildman–Crippen MR) is 89.3 cm³/mol. The summed E-state index contributed by atoms with van der Waals surface area (Å²) < 4.78 is 0. The highest BCUT2D eigenvalue weighted by Crippen LogP contribution is 2.36. The van der Waals surface area contributed by atoms with E-state index in [1.165, 1.54) is 11.1 Å². The smallest absolute Gasteiger partial charge is 0.223 e. The van der Waals surface area contributed by atoms with E-state index in [0.29, 0.717) is 24.2 Å². The number of hydrogen-bond acceptors (Lipinski definition) is 2. The Morgan fingerprint density at radius 3 is 3.04 bits per heavy atom. The van der Waals surface area contributed by atoms with Crippen LogP contribution < -0.4 is 0 Å². The first-order valence-corrected chi connectivity index (χ1v) is 8.66. The van der Waals surface area contributed by atoms with Crippen molar-refractivity contribution in [2.45, 2.75) is 43.9 Å². The SMILES string of the molecule is O=C(C[C@H]1CCc2ccccc21)N1CCC[C@@H](c2ccn[nH]2)C1. The Hall–Kier alpha value is -2.10. The lowest BCUT2D eigenvalue weighted by molar-refractivity contribution is -0.132. The van der Waals surface area contributed by atoms with E-state index in [9.17, 15) is 4.79 Å². The monoisotopic (exact) mass is 309 g/mol. The van der Waals surface area contributed by atoms with E-state index in [2.05, 4.69) is 39.4 Å². The fourth-order valence-corrected chi connectivity index (χ4v) is 4.15. The Labute approximate surface area is 136 Å². The van der Waals surface area contributed by atoms with Crippen molar-refractivity contribution in [3.8, 4) is 0 Å². The number of aromatic nitrogens is 2. The summed E-state index contributed by atoms with van der Waals surface area (Å²) in [7, 11) is 0. The van der Waals surface area contributed by atoms with Gasteiger partial charge in [-0.3, -0.25) is 9.89 Å². The van der Waals surface area contributed by atoms with Gasteiger partial charge in [0.2, 0.25) is 5.91 Å². The van der Waals surface area contributed by atoms with Crippen LogP contribution in [-0.4, -0.2) is 34.1 Å². The Morgan fingerprint density at radius 1 is 1.26 bits per heavy atom. The van der Waals surface area contributed by atoms with Gasteiger partial charge in [-0.2, -0.15) is 5.10 Å². The van der Waals surface area contributed by atoms with Crippen molar-refractivity contribution in [1.29, 1.82) is 0 Å². The fourth-order valence-electron chi connectivity index (χ4n) is 4.15. The molecule has 1 saturated heterocycles. The topological polar surface area (TPSA) is 49.0 Å². The zero-order valence-corrected chi connectivity index (χ0v) is 13.4. The van der Waals surface area contributed by atoms with Gasteiger partial charge in [-0.1, -0.05) is 24.3 Å². The number of fused-ring (bicyclic) bond motifs is 1. The number of likely N-dealkylation sites (tertiary alicyclic amines) is 1. The highest BCUT2D eigenvalue weighted by Gasteiger charge is 2.29. The zero-order chi connectivity index (χ0) is 15.6. The highest BCUT2D eigenvalue weighted by molar-refractivity contribution is 5.77. The minimum absolute atomic E-state index is 0.316. The van der Waals surface area contributed by atoms with Gasteiger partial charge < -0.3 is 4.90 Å². The maximum Gasteiger partial charge on any atom is 0.223 e. The molecule has 1 fully saturated rings. The number of carbonyl (C=O) groups is 1. The minimum atomic E-state index is 0.316. The van der Waals surface area contributed by atoms with Crippen LogP contribution in [-0.2, 0) is 11.2 Å². The summed E-state index contributed by atoms with van der Waals surface area (Å²) in [6.45, 7) is 1.73. The van der Waals surface area contributed by atoms with Gasteiger partial charge in [-0.25, -0.2) is 0 Å². The molecule has 2 aromatic rings. The van der Waals surface area contributed by atoms with Gasteiger partial charge in [0, 0.05) is 37.3 Å². The van der Waals surface area contributed by atoms with Crippen LogP contribution in [0.3, 0.4) is 0 Å². The Bertz CT molecular complexity index is 680. The van der Waals surface area contributed by atoms with Gasteiger partial charge in [-0.15, -0.1) is 0 Å². The molecule has 2 heterocycles. The molecule has 120 valence electrons.